The van der Waals surface area contributed by atoms with Crippen LogP contribution in [-0.4, -0.2) is 38.6 Å². The van der Waals surface area contributed by atoms with E-state index in [2.05, 4.69) is 5.32 Å². The first-order chi connectivity index (χ1) is 10.2. The average molecular weight is 295 g/mol. The van der Waals surface area contributed by atoms with Crippen LogP contribution >= 0.6 is 0 Å². The molecule has 0 spiro atoms. The van der Waals surface area contributed by atoms with Crippen molar-refractivity contribution in [1.82, 2.24) is 5.32 Å². The van der Waals surface area contributed by atoms with Gasteiger partial charge in [-0.25, -0.2) is 0 Å². The van der Waals surface area contributed by atoms with Gasteiger partial charge in [0.15, 0.2) is 6.29 Å². The van der Waals surface area contributed by atoms with Crippen LogP contribution in [0.5, 0.6) is 5.75 Å². The standard InChI is InChI=1S/C16H25NO4/c1-4-19-16(20-5-2)12-17-15(18)9-10-21-14-8-6-7-13(3)11-14/h6-8,11,16H,4-5,9-10,12H2,1-3H3,(H,17,18). The highest BCUT2D eigenvalue weighted by Crippen LogP contribution is 2.12. The SMILES string of the molecule is CCOC(CNC(=O)CCOc1cccc(C)c1)OCC. The number of hydrogen-bond acceptors (Lipinski definition) is 4. The molecule has 0 fully saturated rings. The summed E-state index contributed by atoms with van der Waals surface area (Å²) >= 11 is 0. The highest BCUT2D eigenvalue weighted by Gasteiger charge is 2.10. The van der Waals surface area contributed by atoms with E-state index < -0.39 is 0 Å². The Balaban J connectivity index is 2.21. The van der Waals surface area contributed by atoms with Crippen molar-refractivity contribution in [3.8, 4) is 5.75 Å². The summed E-state index contributed by atoms with van der Waals surface area (Å²) in [6, 6.07) is 7.75. The highest BCUT2D eigenvalue weighted by atomic mass is 16.7. The van der Waals surface area contributed by atoms with E-state index in [0.29, 0.717) is 32.8 Å². The summed E-state index contributed by atoms with van der Waals surface area (Å²) in [5.74, 6) is 0.705. The van der Waals surface area contributed by atoms with E-state index >= 15 is 0 Å². The van der Waals surface area contributed by atoms with Gasteiger partial charge in [-0.2, -0.15) is 0 Å². The number of rotatable bonds is 10. The zero-order chi connectivity index (χ0) is 15.5. The summed E-state index contributed by atoms with van der Waals surface area (Å²) < 4.78 is 16.2. The second-order valence-corrected chi connectivity index (χ2v) is 4.56. The van der Waals surface area contributed by atoms with Gasteiger partial charge in [0.05, 0.1) is 19.6 Å². The topological polar surface area (TPSA) is 56.8 Å². The molecule has 1 N–H and O–H groups in total. The fourth-order valence-electron chi connectivity index (χ4n) is 1.79. The van der Waals surface area contributed by atoms with Crippen LogP contribution in [0.1, 0.15) is 25.8 Å². The van der Waals surface area contributed by atoms with Crippen molar-refractivity contribution in [3.63, 3.8) is 0 Å². The van der Waals surface area contributed by atoms with E-state index in [0.717, 1.165) is 11.3 Å². The average Bonchev–Trinajstić information content (AvgIpc) is 2.45. The Morgan fingerprint density at radius 2 is 1.95 bits per heavy atom. The van der Waals surface area contributed by atoms with Crippen LogP contribution in [-0.2, 0) is 14.3 Å². The minimum atomic E-state index is -0.387. The first kappa shape index (κ1) is 17.5. The molecule has 1 aromatic rings. The molecule has 21 heavy (non-hydrogen) atoms. The van der Waals surface area contributed by atoms with E-state index in [-0.39, 0.29) is 12.2 Å². The summed E-state index contributed by atoms with van der Waals surface area (Å²) in [7, 11) is 0. The van der Waals surface area contributed by atoms with Gasteiger partial charge in [0.1, 0.15) is 5.75 Å². The zero-order valence-corrected chi connectivity index (χ0v) is 13.1. The molecule has 1 amide bonds. The Morgan fingerprint density at radius 3 is 2.57 bits per heavy atom. The number of aryl methyl sites for hydroxylation is 1. The molecule has 5 heteroatoms. The first-order valence-corrected chi connectivity index (χ1v) is 7.35. The number of nitrogens with one attached hydrogen (secondary N) is 1. The predicted octanol–water partition coefficient (Wildman–Crippen LogP) is 2.28. The number of benzene rings is 1. The van der Waals surface area contributed by atoms with Crippen molar-refractivity contribution in [3.05, 3.63) is 29.8 Å². The molecule has 0 aliphatic carbocycles. The predicted molar refractivity (Wildman–Crippen MR) is 81.3 cm³/mol. The lowest BCUT2D eigenvalue weighted by Crippen LogP contribution is -2.35. The molecule has 1 aromatic carbocycles. The molecule has 0 aliphatic heterocycles. The smallest absolute Gasteiger partial charge is 0.223 e. The van der Waals surface area contributed by atoms with Gasteiger partial charge in [-0.15, -0.1) is 0 Å². The Kier molecular flexibility index (Phi) is 8.47. The highest BCUT2D eigenvalue weighted by molar-refractivity contribution is 5.75. The van der Waals surface area contributed by atoms with E-state index in [1.165, 1.54) is 0 Å². The zero-order valence-electron chi connectivity index (χ0n) is 13.1. The van der Waals surface area contributed by atoms with Gasteiger partial charge < -0.3 is 19.5 Å². The van der Waals surface area contributed by atoms with E-state index in [1.54, 1.807) is 0 Å². The summed E-state index contributed by atoms with van der Waals surface area (Å²) in [5.41, 5.74) is 1.13. The van der Waals surface area contributed by atoms with Gasteiger partial charge in [-0.3, -0.25) is 4.79 Å². The maximum atomic E-state index is 11.7. The van der Waals surface area contributed by atoms with Crippen LogP contribution in [0.2, 0.25) is 0 Å². The fourth-order valence-corrected chi connectivity index (χ4v) is 1.79. The lowest BCUT2D eigenvalue weighted by molar-refractivity contribution is -0.140. The molecule has 1 rings (SSSR count). The molecule has 0 unspecified atom stereocenters. The molecule has 0 atom stereocenters. The third kappa shape index (κ3) is 7.68. The third-order valence-corrected chi connectivity index (χ3v) is 2.76. The van der Waals surface area contributed by atoms with Gasteiger partial charge >= 0.3 is 0 Å². The molecule has 0 aromatic heterocycles. The van der Waals surface area contributed by atoms with Gasteiger partial charge in [0, 0.05) is 13.2 Å². The van der Waals surface area contributed by atoms with Crippen molar-refractivity contribution in [1.29, 1.82) is 0 Å². The van der Waals surface area contributed by atoms with Crippen molar-refractivity contribution < 1.29 is 19.0 Å². The Morgan fingerprint density at radius 1 is 1.24 bits per heavy atom. The van der Waals surface area contributed by atoms with Crippen LogP contribution in [0.4, 0.5) is 0 Å². The quantitative estimate of drug-likeness (QED) is 0.673. The molecule has 0 heterocycles. The Hall–Kier alpha value is -1.59. The molecule has 118 valence electrons. The van der Waals surface area contributed by atoms with E-state index in [4.69, 9.17) is 14.2 Å². The summed E-state index contributed by atoms with van der Waals surface area (Å²) in [6.07, 6.45) is -0.0829. The molecule has 0 aliphatic rings. The number of hydrogen-bond donors (Lipinski definition) is 1. The monoisotopic (exact) mass is 295 g/mol. The molecule has 0 saturated heterocycles. The van der Waals surface area contributed by atoms with Gasteiger partial charge in [0.25, 0.3) is 0 Å². The minimum Gasteiger partial charge on any atom is -0.493 e. The molecule has 0 bridgehead atoms. The summed E-state index contributed by atoms with van der Waals surface area (Å²) in [5, 5.41) is 2.78. The van der Waals surface area contributed by atoms with Crippen LogP contribution in [0.15, 0.2) is 24.3 Å². The van der Waals surface area contributed by atoms with Crippen molar-refractivity contribution in [2.24, 2.45) is 0 Å². The molecule has 0 saturated carbocycles. The third-order valence-electron chi connectivity index (χ3n) is 2.76. The van der Waals surface area contributed by atoms with Crippen LogP contribution in [0.25, 0.3) is 0 Å². The molecule has 5 nitrogen and oxygen atoms in total. The molecule has 0 radical (unpaired) electrons. The lowest BCUT2D eigenvalue weighted by Gasteiger charge is -2.17. The van der Waals surface area contributed by atoms with Gasteiger partial charge in [0.2, 0.25) is 5.91 Å². The van der Waals surface area contributed by atoms with Crippen molar-refractivity contribution in [2.45, 2.75) is 33.5 Å². The maximum absolute atomic E-state index is 11.7. The molecular formula is C16H25NO4. The second kappa shape index (κ2) is 10.2. The van der Waals surface area contributed by atoms with Crippen LogP contribution in [0, 0.1) is 6.92 Å². The largest absolute Gasteiger partial charge is 0.493 e. The van der Waals surface area contributed by atoms with Gasteiger partial charge in [-0.1, -0.05) is 12.1 Å². The maximum Gasteiger partial charge on any atom is 0.223 e. The van der Waals surface area contributed by atoms with Gasteiger partial charge in [-0.05, 0) is 38.5 Å². The van der Waals surface area contributed by atoms with Crippen LogP contribution in [0.3, 0.4) is 0 Å². The number of amides is 1. The van der Waals surface area contributed by atoms with Crippen molar-refractivity contribution in [2.75, 3.05) is 26.4 Å². The Labute approximate surface area is 126 Å². The Bertz CT molecular complexity index is 416. The lowest BCUT2D eigenvalue weighted by atomic mass is 10.2. The number of carbonyl (C=O) groups excluding carboxylic acids is 1. The van der Waals surface area contributed by atoms with Crippen molar-refractivity contribution >= 4 is 5.91 Å². The summed E-state index contributed by atoms with van der Waals surface area (Å²) in [6.45, 7) is 7.59. The number of ether oxygens (including phenoxy) is 3. The normalized spacial score (nSPS) is 10.7. The van der Waals surface area contributed by atoms with Crippen LogP contribution < -0.4 is 10.1 Å². The van der Waals surface area contributed by atoms with E-state index in [1.807, 2.05) is 45.0 Å². The summed E-state index contributed by atoms with van der Waals surface area (Å²) in [4.78, 5) is 11.7. The second-order valence-electron chi connectivity index (χ2n) is 4.56. The van der Waals surface area contributed by atoms with E-state index in [9.17, 15) is 4.79 Å². The first-order valence-electron chi connectivity index (χ1n) is 7.35. The molecular weight excluding hydrogens is 270 g/mol. The minimum absolute atomic E-state index is 0.0768. The number of carbonyl (C=O) groups is 1. The fraction of sp³-hybridized carbons (Fsp3) is 0.562.